The second-order valence-electron chi connectivity index (χ2n) is 6.28. The van der Waals surface area contributed by atoms with E-state index in [-0.39, 0.29) is 17.8 Å². The van der Waals surface area contributed by atoms with E-state index in [1.165, 1.54) is 7.05 Å². The Morgan fingerprint density at radius 1 is 1.15 bits per heavy atom. The fourth-order valence-corrected chi connectivity index (χ4v) is 3.79. The standard InChI is InChI=1S/C19H22N4O3S/c1-20-19(26)22-14-6-2-5-13(11-14)21-18(25)16-8-3-9-23(16)17(24)12-15-7-4-10-27-15/h2,4-7,10-11,16H,3,8-9,12H2,1H3,(H,21,25)(H2,20,22,26). The Balaban J connectivity index is 1.63. The molecule has 1 aliphatic heterocycles. The van der Waals surface area contributed by atoms with E-state index in [1.807, 2.05) is 17.5 Å². The van der Waals surface area contributed by atoms with Crippen molar-refractivity contribution in [3.05, 3.63) is 46.7 Å². The van der Waals surface area contributed by atoms with Crippen molar-refractivity contribution in [1.82, 2.24) is 10.2 Å². The first-order valence-corrected chi connectivity index (χ1v) is 9.66. The fourth-order valence-electron chi connectivity index (χ4n) is 3.10. The Labute approximate surface area is 161 Å². The molecule has 3 N–H and O–H groups in total. The summed E-state index contributed by atoms with van der Waals surface area (Å²) in [6, 6.07) is 9.96. The first kappa shape index (κ1) is 18.9. The fraction of sp³-hybridized carbons (Fsp3) is 0.316. The van der Waals surface area contributed by atoms with Gasteiger partial charge in [-0.25, -0.2) is 4.79 Å². The topological polar surface area (TPSA) is 90.5 Å². The van der Waals surface area contributed by atoms with Crippen LogP contribution < -0.4 is 16.0 Å². The van der Waals surface area contributed by atoms with Crippen LogP contribution in [0.5, 0.6) is 0 Å². The predicted molar refractivity (Wildman–Crippen MR) is 106 cm³/mol. The molecule has 3 rings (SSSR count). The number of carbonyl (C=O) groups is 3. The maximum absolute atomic E-state index is 12.7. The molecular formula is C19H22N4O3S. The Morgan fingerprint density at radius 2 is 1.93 bits per heavy atom. The zero-order valence-corrected chi connectivity index (χ0v) is 15.8. The van der Waals surface area contributed by atoms with Crippen molar-refractivity contribution >= 4 is 40.6 Å². The normalized spacial score (nSPS) is 16.0. The van der Waals surface area contributed by atoms with Gasteiger partial charge in [0.2, 0.25) is 11.8 Å². The molecule has 1 fully saturated rings. The number of nitrogens with one attached hydrogen (secondary N) is 3. The average molecular weight is 386 g/mol. The quantitative estimate of drug-likeness (QED) is 0.738. The van der Waals surface area contributed by atoms with E-state index in [4.69, 9.17) is 0 Å². The highest BCUT2D eigenvalue weighted by molar-refractivity contribution is 7.10. The van der Waals surface area contributed by atoms with Crippen LogP contribution in [0.3, 0.4) is 0 Å². The summed E-state index contributed by atoms with van der Waals surface area (Å²) in [4.78, 5) is 39.4. The molecule has 1 aliphatic rings. The number of carbonyl (C=O) groups excluding carboxylic acids is 3. The van der Waals surface area contributed by atoms with Gasteiger partial charge in [0, 0.05) is 29.8 Å². The van der Waals surface area contributed by atoms with Crippen LogP contribution in [0.2, 0.25) is 0 Å². The molecule has 2 aromatic rings. The Morgan fingerprint density at radius 3 is 2.63 bits per heavy atom. The molecule has 4 amide bonds. The van der Waals surface area contributed by atoms with Crippen molar-refractivity contribution in [3.63, 3.8) is 0 Å². The molecule has 1 aromatic carbocycles. The molecule has 0 aliphatic carbocycles. The predicted octanol–water partition coefficient (Wildman–Crippen LogP) is 2.67. The smallest absolute Gasteiger partial charge is 0.318 e. The molecule has 2 heterocycles. The van der Waals surface area contributed by atoms with E-state index >= 15 is 0 Å². The largest absolute Gasteiger partial charge is 0.341 e. The SMILES string of the molecule is CNC(=O)Nc1cccc(NC(=O)C2CCCN2C(=O)Cc2cccs2)c1. The van der Waals surface area contributed by atoms with Gasteiger partial charge in [0.05, 0.1) is 6.42 Å². The molecule has 0 saturated carbocycles. The highest BCUT2D eigenvalue weighted by Crippen LogP contribution is 2.22. The first-order chi connectivity index (χ1) is 13.1. The molecule has 0 spiro atoms. The number of anilines is 2. The van der Waals surface area contributed by atoms with Crippen LogP contribution in [-0.4, -0.2) is 42.4 Å². The molecule has 27 heavy (non-hydrogen) atoms. The highest BCUT2D eigenvalue weighted by atomic mass is 32.1. The summed E-state index contributed by atoms with van der Waals surface area (Å²) in [6.07, 6.45) is 1.79. The molecule has 0 bridgehead atoms. The van der Waals surface area contributed by atoms with E-state index in [9.17, 15) is 14.4 Å². The molecule has 1 atom stereocenters. The third-order valence-corrected chi connectivity index (χ3v) is 5.27. The van der Waals surface area contributed by atoms with Gasteiger partial charge in [-0.3, -0.25) is 9.59 Å². The minimum atomic E-state index is -0.465. The van der Waals surface area contributed by atoms with Gasteiger partial charge in [0.25, 0.3) is 0 Å². The molecule has 1 saturated heterocycles. The highest BCUT2D eigenvalue weighted by Gasteiger charge is 2.34. The summed E-state index contributed by atoms with van der Waals surface area (Å²) in [6.45, 7) is 0.598. The number of hydrogen-bond donors (Lipinski definition) is 3. The van der Waals surface area contributed by atoms with Crippen molar-refractivity contribution in [2.45, 2.75) is 25.3 Å². The van der Waals surface area contributed by atoms with Gasteiger partial charge in [0.15, 0.2) is 0 Å². The zero-order chi connectivity index (χ0) is 19.2. The van der Waals surface area contributed by atoms with Crippen molar-refractivity contribution in [1.29, 1.82) is 0 Å². The van der Waals surface area contributed by atoms with E-state index < -0.39 is 6.04 Å². The minimum Gasteiger partial charge on any atom is -0.341 e. The van der Waals surface area contributed by atoms with E-state index in [1.54, 1.807) is 40.5 Å². The second kappa shape index (κ2) is 8.68. The summed E-state index contributed by atoms with van der Waals surface area (Å²) >= 11 is 1.54. The Kier molecular flexibility index (Phi) is 6.08. The molecule has 1 aromatic heterocycles. The summed E-state index contributed by atoms with van der Waals surface area (Å²) in [5, 5.41) is 9.93. The maximum Gasteiger partial charge on any atom is 0.318 e. The van der Waals surface area contributed by atoms with Crippen molar-refractivity contribution in [2.24, 2.45) is 0 Å². The van der Waals surface area contributed by atoms with Crippen LogP contribution in [0, 0.1) is 0 Å². The lowest BCUT2D eigenvalue weighted by Gasteiger charge is -2.24. The van der Waals surface area contributed by atoms with E-state index in [0.29, 0.717) is 30.8 Å². The summed E-state index contributed by atoms with van der Waals surface area (Å²) < 4.78 is 0. The van der Waals surface area contributed by atoms with Gasteiger partial charge >= 0.3 is 6.03 Å². The van der Waals surface area contributed by atoms with Crippen molar-refractivity contribution in [2.75, 3.05) is 24.2 Å². The van der Waals surface area contributed by atoms with Gasteiger partial charge in [-0.15, -0.1) is 11.3 Å². The van der Waals surface area contributed by atoms with Gasteiger partial charge in [-0.1, -0.05) is 12.1 Å². The zero-order valence-electron chi connectivity index (χ0n) is 15.0. The molecular weight excluding hydrogens is 364 g/mol. The number of thiophene rings is 1. The lowest BCUT2D eigenvalue weighted by Crippen LogP contribution is -2.43. The molecule has 8 heteroatoms. The van der Waals surface area contributed by atoms with Crippen molar-refractivity contribution < 1.29 is 14.4 Å². The molecule has 7 nitrogen and oxygen atoms in total. The average Bonchev–Trinajstić information content (AvgIpc) is 3.33. The third kappa shape index (κ3) is 4.85. The molecule has 1 unspecified atom stereocenters. The van der Waals surface area contributed by atoms with Gasteiger partial charge in [-0.2, -0.15) is 0 Å². The summed E-state index contributed by atoms with van der Waals surface area (Å²) in [7, 11) is 1.53. The van der Waals surface area contributed by atoms with Gasteiger partial charge < -0.3 is 20.9 Å². The molecule has 0 radical (unpaired) electrons. The maximum atomic E-state index is 12.7. The summed E-state index contributed by atoms with van der Waals surface area (Å²) in [5.41, 5.74) is 1.15. The van der Waals surface area contributed by atoms with Crippen LogP contribution in [0.4, 0.5) is 16.2 Å². The van der Waals surface area contributed by atoms with E-state index in [2.05, 4.69) is 16.0 Å². The van der Waals surface area contributed by atoms with Crippen LogP contribution in [-0.2, 0) is 16.0 Å². The van der Waals surface area contributed by atoms with Gasteiger partial charge in [-0.05, 0) is 42.5 Å². The summed E-state index contributed by atoms with van der Waals surface area (Å²) in [5.74, 6) is -0.228. The number of nitrogens with zero attached hydrogens (tertiary/aromatic N) is 1. The van der Waals surface area contributed by atoms with Crippen molar-refractivity contribution in [3.8, 4) is 0 Å². The number of rotatable bonds is 5. The van der Waals surface area contributed by atoms with Crippen LogP contribution in [0.1, 0.15) is 17.7 Å². The van der Waals surface area contributed by atoms with Gasteiger partial charge in [0.1, 0.15) is 6.04 Å². The third-order valence-electron chi connectivity index (χ3n) is 4.40. The van der Waals surface area contributed by atoms with Crippen LogP contribution in [0.25, 0.3) is 0 Å². The molecule has 142 valence electrons. The second-order valence-corrected chi connectivity index (χ2v) is 7.31. The lowest BCUT2D eigenvalue weighted by atomic mass is 10.2. The number of hydrogen-bond acceptors (Lipinski definition) is 4. The first-order valence-electron chi connectivity index (χ1n) is 8.78. The number of urea groups is 1. The number of amides is 4. The number of benzene rings is 1. The Hall–Kier alpha value is -2.87. The van der Waals surface area contributed by atoms with E-state index in [0.717, 1.165) is 11.3 Å². The van der Waals surface area contributed by atoms with Crippen LogP contribution >= 0.6 is 11.3 Å². The Bertz CT molecular complexity index is 822. The lowest BCUT2D eigenvalue weighted by molar-refractivity contribution is -0.136. The number of likely N-dealkylation sites (tertiary alicyclic amines) is 1. The monoisotopic (exact) mass is 386 g/mol. The van der Waals surface area contributed by atoms with Crippen LogP contribution in [0.15, 0.2) is 41.8 Å². The minimum absolute atomic E-state index is 0.0230.